The summed E-state index contributed by atoms with van der Waals surface area (Å²) in [4.78, 5) is 0. The highest BCUT2D eigenvalue weighted by atomic mass is 35.5. The molecule has 0 atom stereocenters. The van der Waals surface area contributed by atoms with Crippen LogP contribution in [0.1, 0.15) is 5.56 Å². The normalized spacial score (nSPS) is 10.9. The standard InChI is InChI=1S/C22H16Cl2FN3OS/c1-29-18-8-5-15(6-9-18)21-26-27-22(30-13-14-3-2-4-16(25)11-14)28(21)17-7-10-19(23)20(24)12-17/h2-12H,13H2,1H3. The molecule has 152 valence electrons. The lowest BCUT2D eigenvalue weighted by Gasteiger charge is -2.12. The molecule has 8 heteroatoms. The third kappa shape index (κ3) is 4.46. The molecule has 0 saturated heterocycles. The zero-order chi connectivity index (χ0) is 21.1. The van der Waals surface area contributed by atoms with E-state index < -0.39 is 0 Å². The minimum absolute atomic E-state index is 0.266. The van der Waals surface area contributed by atoms with Gasteiger partial charge in [0, 0.05) is 11.3 Å². The zero-order valence-electron chi connectivity index (χ0n) is 15.8. The highest BCUT2D eigenvalue weighted by Gasteiger charge is 2.17. The summed E-state index contributed by atoms with van der Waals surface area (Å²) in [6, 6.07) is 19.4. The van der Waals surface area contributed by atoms with E-state index in [0.29, 0.717) is 26.8 Å². The van der Waals surface area contributed by atoms with Gasteiger partial charge >= 0.3 is 0 Å². The van der Waals surface area contributed by atoms with Crippen LogP contribution >= 0.6 is 35.0 Å². The topological polar surface area (TPSA) is 39.9 Å². The Morgan fingerprint density at radius 1 is 0.967 bits per heavy atom. The molecule has 0 saturated carbocycles. The van der Waals surface area contributed by atoms with Gasteiger partial charge in [-0.1, -0.05) is 47.1 Å². The first-order chi connectivity index (χ1) is 14.5. The molecular weight excluding hydrogens is 444 g/mol. The van der Waals surface area contributed by atoms with Gasteiger partial charge in [0.1, 0.15) is 11.6 Å². The van der Waals surface area contributed by atoms with E-state index in [1.165, 1.54) is 23.9 Å². The molecule has 0 bridgehead atoms. The Labute approximate surface area is 187 Å². The van der Waals surface area contributed by atoms with Gasteiger partial charge < -0.3 is 4.74 Å². The summed E-state index contributed by atoms with van der Waals surface area (Å²) in [6.07, 6.45) is 0. The van der Waals surface area contributed by atoms with Crippen LogP contribution in [0.2, 0.25) is 10.0 Å². The van der Waals surface area contributed by atoms with Gasteiger partial charge in [-0.15, -0.1) is 10.2 Å². The molecule has 0 aliphatic heterocycles. The maximum Gasteiger partial charge on any atom is 0.196 e. The molecule has 0 unspecified atom stereocenters. The van der Waals surface area contributed by atoms with Crippen molar-refractivity contribution in [3.8, 4) is 22.8 Å². The second-order valence-corrected chi connectivity index (χ2v) is 8.14. The first-order valence-corrected chi connectivity index (χ1v) is 10.7. The molecule has 0 aliphatic rings. The average Bonchev–Trinajstić information content (AvgIpc) is 3.18. The van der Waals surface area contributed by atoms with Crippen molar-refractivity contribution in [1.82, 2.24) is 14.8 Å². The van der Waals surface area contributed by atoms with Crippen molar-refractivity contribution in [2.45, 2.75) is 10.9 Å². The first kappa shape index (κ1) is 20.7. The molecule has 4 nitrogen and oxygen atoms in total. The van der Waals surface area contributed by atoms with Gasteiger partial charge in [0.15, 0.2) is 11.0 Å². The molecule has 30 heavy (non-hydrogen) atoms. The fourth-order valence-corrected chi connectivity index (χ4v) is 4.11. The average molecular weight is 460 g/mol. The molecule has 0 spiro atoms. The number of nitrogens with zero attached hydrogens (tertiary/aromatic N) is 3. The smallest absolute Gasteiger partial charge is 0.196 e. The van der Waals surface area contributed by atoms with E-state index in [2.05, 4.69) is 10.2 Å². The van der Waals surface area contributed by atoms with Crippen molar-refractivity contribution in [1.29, 1.82) is 0 Å². The number of rotatable bonds is 6. The number of benzene rings is 3. The quantitative estimate of drug-likeness (QED) is 0.301. The summed E-state index contributed by atoms with van der Waals surface area (Å²) < 4.78 is 20.7. The van der Waals surface area contributed by atoms with E-state index in [1.807, 2.05) is 41.0 Å². The monoisotopic (exact) mass is 459 g/mol. The first-order valence-electron chi connectivity index (χ1n) is 8.97. The van der Waals surface area contributed by atoms with Crippen LogP contribution in [0, 0.1) is 5.82 Å². The summed E-state index contributed by atoms with van der Waals surface area (Å²) in [6.45, 7) is 0. The fourth-order valence-electron chi connectivity index (χ4n) is 2.92. The molecule has 1 aromatic heterocycles. The SMILES string of the molecule is COc1ccc(-c2nnc(SCc3cccc(F)c3)n2-c2ccc(Cl)c(Cl)c2)cc1. The predicted octanol–water partition coefficient (Wildman–Crippen LogP) is 6.68. The van der Waals surface area contributed by atoms with Gasteiger partial charge in [-0.05, 0) is 60.2 Å². The maximum absolute atomic E-state index is 13.5. The summed E-state index contributed by atoms with van der Waals surface area (Å²) in [7, 11) is 1.62. The number of ether oxygens (including phenoxy) is 1. The number of methoxy groups -OCH3 is 1. The number of hydrogen-bond donors (Lipinski definition) is 0. The number of aromatic nitrogens is 3. The minimum atomic E-state index is -0.266. The van der Waals surface area contributed by atoms with Crippen LogP contribution in [-0.2, 0) is 5.75 Å². The van der Waals surface area contributed by atoms with Crippen LogP contribution < -0.4 is 4.74 Å². The molecule has 0 fully saturated rings. The lowest BCUT2D eigenvalue weighted by atomic mass is 10.2. The predicted molar refractivity (Wildman–Crippen MR) is 119 cm³/mol. The molecule has 0 N–H and O–H groups in total. The van der Waals surface area contributed by atoms with Gasteiger partial charge in [-0.2, -0.15) is 0 Å². The van der Waals surface area contributed by atoms with Crippen molar-refractivity contribution in [2.24, 2.45) is 0 Å². The van der Waals surface area contributed by atoms with Crippen LogP contribution in [0.15, 0.2) is 71.9 Å². The molecule has 1 heterocycles. The van der Waals surface area contributed by atoms with Crippen molar-refractivity contribution in [3.05, 3.63) is 88.2 Å². The van der Waals surface area contributed by atoms with E-state index >= 15 is 0 Å². The summed E-state index contributed by atoms with van der Waals surface area (Å²) in [5.41, 5.74) is 2.50. The fraction of sp³-hybridized carbons (Fsp3) is 0.0909. The number of hydrogen-bond acceptors (Lipinski definition) is 4. The van der Waals surface area contributed by atoms with E-state index in [0.717, 1.165) is 22.6 Å². The Balaban J connectivity index is 1.75. The lowest BCUT2D eigenvalue weighted by molar-refractivity contribution is 0.415. The summed E-state index contributed by atoms with van der Waals surface area (Å²) >= 11 is 13.8. The van der Waals surface area contributed by atoms with Crippen molar-refractivity contribution in [2.75, 3.05) is 7.11 Å². The molecule has 4 rings (SSSR count). The lowest BCUT2D eigenvalue weighted by Crippen LogP contribution is -2.00. The van der Waals surface area contributed by atoms with Gasteiger partial charge in [-0.3, -0.25) is 4.57 Å². The summed E-state index contributed by atoms with van der Waals surface area (Å²) in [5, 5.41) is 10.3. The van der Waals surface area contributed by atoms with E-state index in [-0.39, 0.29) is 5.82 Å². The maximum atomic E-state index is 13.5. The molecule has 0 amide bonds. The van der Waals surface area contributed by atoms with E-state index in [9.17, 15) is 4.39 Å². The van der Waals surface area contributed by atoms with Crippen LogP contribution in [0.4, 0.5) is 4.39 Å². The Bertz CT molecular complexity index is 1180. The Hall–Kier alpha value is -2.54. The van der Waals surface area contributed by atoms with Gasteiger partial charge in [0.2, 0.25) is 0 Å². The molecule has 0 aliphatic carbocycles. The summed E-state index contributed by atoms with van der Waals surface area (Å²) in [5.74, 6) is 1.68. The number of halogens is 3. The Kier molecular flexibility index (Phi) is 6.27. The van der Waals surface area contributed by atoms with Crippen molar-refractivity contribution < 1.29 is 9.13 Å². The van der Waals surface area contributed by atoms with Crippen LogP contribution in [0.25, 0.3) is 17.1 Å². The highest BCUT2D eigenvalue weighted by Crippen LogP contribution is 2.33. The second-order valence-electron chi connectivity index (χ2n) is 6.39. The Morgan fingerprint density at radius 2 is 1.77 bits per heavy atom. The molecule has 0 radical (unpaired) electrons. The third-order valence-corrected chi connectivity index (χ3v) is 6.14. The van der Waals surface area contributed by atoms with E-state index in [4.69, 9.17) is 27.9 Å². The van der Waals surface area contributed by atoms with Crippen LogP contribution in [-0.4, -0.2) is 21.9 Å². The number of thioether (sulfide) groups is 1. The molecular formula is C22H16Cl2FN3OS. The third-order valence-electron chi connectivity index (χ3n) is 4.40. The van der Waals surface area contributed by atoms with Crippen LogP contribution in [0.3, 0.4) is 0 Å². The zero-order valence-corrected chi connectivity index (χ0v) is 18.2. The minimum Gasteiger partial charge on any atom is -0.497 e. The van der Waals surface area contributed by atoms with Gasteiger partial charge in [-0.25, -0.2) is 4.39 Å². The van der Waals surface area contributed by atoms with Crippen LogP contribution in [0.5, 0.6) is 5.75 Å². The van der Waals surface area contributed by atoms with Crippen molar-refractivity contribution >= 4 is 35.0 Å². The van der Waals surface area contributed by atoms with Crippen molar-refractivity contribution in [3.63, 3.8) is 0 Å². The molecule has 4 aromatic rings. The highest BCUT2D eigenvalue weighted by molar-refractivity contribution is 7.98. The Morgan fingerprint density at radius 3 is 2.47 bits per heavy atom. The second kappa shape index (κ2) is 9.08. The van der Waals surface area contributed by atoms with E-state index in [1.54, 1.807) is 25.3 Å². The largest absolute Gasteiger partial charge is 0.497 e. The van der Waals surface area contributed by atoms with Gasteiger partial charge in [0.25, 0.3) is 0 Å². The molecule has 3 aromatic carbocycles. The van der Waals surface area contributed by atoms with Gasteiger partial charge in [0.05, 0.1) is 22.8 Å².